The molecule has 0 fully saturated rings. The standard InChI is InChI=1S/C10H19N5/c1(5-14-7-3-12-9-14)11-2-6-15-8-4-13-10-15/h9-11H,1-8H2. The van der Waals surface area contributed by atoms with Crippen LogP contribution in [0.3, 0.4) is 0 Å². The number of hydrogen-bond donors (Lipinski definition) is 1. The quantitative estimate of drug-likeness (QED) is 0.586. The fourth-order valence-electron chi connectivity index (χ4n) is 1.74. The number of nitrogens with one attached hydrogen (secondary N) is 1. The lowest BCUT2D eigenvalue weighted by atomic mass is 10.5. The summed E-state index contributed by atoms with van der Waals surface area (Å²) in [6, 6.07) is 0. The minimum atomic E-state index is 0.963. The molecule has 5 nitrogen and oxygen atoms in total. The van der Waals surface area contributed by atoms with E-state index in [1.165, 1.54) is 0 Å². The minimum Gasteiger partial charge on any atom is -0.360 e. The molecule has 1 N–H and O–H groups in total. The molecule has 0 aromatic carbocycles. The lowest BCUT2D eigenvalue weighted by Gasteiger charge is -2.16. The van der Waals surface area contributed by atoms with Gasteiger partial charge in [-0.3, -0.25) is 9.98 Å². The van der Waals surface area contributed by atoms with Gasteiger partial charge < -0.3 is 15.1 Å². The Morgan fingerprint density at radius 1 is 0.933 bits per heavy atom. The first-order valence-electron chi connectivity index (χ1n) is 5.64. The summed E-state index contributed by atoms with van der Waals surface area (Å²) < 4.78 is 0. The summed E-state index contributed by atoms with van der Waals surface area (Å²) >= 11 is 0. The zero-order chi connectivity index (χ0) is 10.3. The van der Waals surface area contributed by atoms with Crippen molar-refractivity contribution >= 4 is 12.7 Å². The molecule has 0 radical (unpaired) electrons. The number of hydrogen-bond acceptors (Lipinski definition) is 5. The minimum absolute atomic E-state index is 0.963. The lowest BCUT2D eigenvalue weighted by molar-refractivity contribution is 0.422. The summed E-state index contributed by atoms with van der Waals surface area (Å²) in [4.78, 5) is 12.9. The van der Waals surface area contributed by atoms with Crippen molar-refractivity contribution < 1.29 is 0 Å². The summed E-state index contributed by atoms with van der Waals surface area (Å²) in [7, 11) is 0. The predicted molar refractivity (Wildman–Crippen MR) is 62.7 cm³/mol. The highest BCUT2D eigenvalue weighted by molar-refractivity contribution is 5.57. The largest absolute Gasteiger partial charge is 0.360 e. The van der Waals surface area contributed by atoms with E-state index in [0.717, 1.165) is 52.4 Å². The first-order chi connectivity index (χ1) is 7.45. The lowest BCUT2D eigenvalue weighted by Crippen LogP contribution is -2.35. The van der Waals surface area contributed by atoms with Crippen LogP contribution in [0.1, 0.15) is 0 Å². The third-order valence-electron chi connectivity index (χ3n) is 2.67. The monoisotopic (exact) mass is 209 g/mol. The Bertz CT molecular complexity index is 214. The molecule has 2 aliphatic rings. The van der Waals surface area contributed by atoms with Crippen molar-refractivity contribution in [1.29, 1.82) is 0 Å². The van der Waals surface area contributed by atoms with Crippen LogP contribution < -0.4 is 5.32 Å². The Morgan fingerprint density at radius 2 is 1.47 bits per heavy atom. The second-order valence-corrected chi connectivity index (χ2v) is 3.87. The number of aliphatic imine (C=N–C) groups is 2. The normalized spacial score (nSPS) is 19.5. The van der Waals surface area contributed by atoms with Gasteiger partial charge in [0.15, 0.2) is 0 Å². The molecule has 15 heavy (non-hydrogen) atoms. The molecule has 0 aliphatic carbocycles. The van der Waals surface area contributed by atoms with E-state index >= 15 is 0 Å². The molecule has 0 aromatic heterocycles. The fraction of sp³-hybridized carbons (Fsp3) is 0.800. The van der Waals surface area contributed by atoms with Gasteiger partial charge in [-0.05, 0) is 0 Å². The van der Waals surface area contributed by atoms with Crippen LogP contribution in [0.25, 0.3) is 0 Å². The van der Waals surface area contributed by atoms with Crippen LogP contribution in [-0.4, -0.2) is 74.8 Å². The third kappa shape index (κ3) is 3.51. The van der Waals surface area contributed by atoms with Gasteiger partial charge in [0.05, 0.1) is 25.8 Å². The molecule has 0 atom stereocenters. The van der Waals surface area contributed by atoms with Crippen LogP contribution in [0.4, 0.5) is 0 Å². The van der Waals surface area contributed by atoms with Crippen LogP contribution in [-0.2, 0) is 0 Å². The maximum Gasteiger partial charge on any atom is 0.0851 e. The van der Waals surface area contributed by atoms with Gasteiger partial charge in [-0.1, -0.05) is 0 Å². The Labute approximate surface area is 90.9 Å². The maximum atomic E-state index is 4.17. The Kier molecular flexibility index (Phi) is 3.96. The van der Waals surface area contributed by atoms with E-state index in [2.05, 4.69) is 25.1 Å². The molecule has 2 rings (SSSR count). The maximum absolute atomic E-state index is 4.17. The summed E-state index contributed by atoms with van der Waals surface area (Å²) in [5, 5.41) is 3.43. The molecule has 2 aliphatic heterocycles. The van der Waals surface area contributed by atoms with Crippen LogP contribution in [0.5, 0.6) is 0 Å². The highest BCUT2D eigenvalue weighted by Crippen LogP contribution is 1.92. The van der Waals surface area contributed by atoms with Gasteiger partial charge in [-0.25, -0.2) is 0 Å². The van der Waals surface area contributed by atoms with Gasteiger partial charge in [0.25, 0.3) is 0 Å². The van der Waals surface area contributed by atoms with Gasteiger partial charge in [0.1, 0.15) is 0 Å². The second-order valence-electron chi connectivity index (χ2n) is 3.87. The van der Waals surface area contributed by atoms with E-state index in [1.807, 2.05) is 12.7 Å². The molecule has 5 heteroatoms. The average molecular weight is 209 g/mol. The number of rotatable bonds is 6. The van der Waals surface area contributed by atoms with Gasteiger partial charge in [-0.2, -0.15) is 0 Å². The molecule has 0 bridgehead atoms. The molecule has 0 saturated heterocycles. The molecule has 84 valence electrons. The summed E-state index contributed by atoms with van der Waals surface area (Å²) in [6.07, 6.45) is 3.91. The van der Waals surface area contributed by atoms with Crippen molar-refractivity contribution in [2.75, 3.05) is 52.4 Å². The molecule has 0 aromatic rings. The molecular formula is C10H19N5. The number of nitrogens with zero attached hydrogens (tertiary/aromatic N) is 4. The van der Waals surface area contributed by atoms with Gasteiger partial charge >= 0.3 is 0 Å². The van der Waals surface area contributed by atoms with Gasteiger partial charge in [0.2, 0.25) is 0 Å². The zero-order valence-electron chi connectivity index (χ0n) is 9.10. The van der Waals surface area contributed by atoms with Crippen LogP contribution in [0, 0.1) is 0 Å². The average Bonchev–Trinajstić information content (AvgIpc) is 2.88. The first kappa shape index (κ1) is 10.4. The molecule has 0 amide bonds. The summed E-state index contributed by atoms with van der Waals surface area (Å²) in [5.41, 5.74) is 0. The van der Waals surface area contributed by atoms with Crippen LogP contribution in [0.15, 0.2) is 9.98 Å². The highest BCUT2D eigenvalue weighted by Gasteiger charge is 2.05. The van der Waals surface area contributed by atoms with Crippen molar-refractivity contribution in [3.63, 3.8) is 0 Å². The van der Waals surface area contributed by atoms with Crippen molar-refractivity contribution in [2.45, 2.75) is 0 Å². The molecule has 2 heterocycles. The van der Waals surface area contributed by atoms with Crippen molar-refractivity contribution in [3.8, 4) is 0 Å². The topological polar surface area (TPSA) is 43.2 Å². The highest BCUT2D eigenvalue weighted by atomic mass is 15.2. The molecular weight excluding hydrogens is 190 g/mol. The summed E-state index contributed by atoms with van der Waals surface area (Å²) in [5.74, 6) is 0. The van der Waals surface area contributed by atoms with E-state index < -0.39 is 0 Å². The fourth-order valence-corrected chi connectivity index (χ4v) is 1.74. The van der Waals surface area contributed by atoms with Crippen molar-refractivity contribution in [2.24, 2.45) is 9.98 Å². The van der Waals surface area contributed by atoms with Crippen LogP contribution in [0.2, 0.25) is 0 Å². The van der Waals surface area contributed by atoms with E-state index in [9.17, 15) is 0 Å². The van der Waals surface area contributed by atoms with E-state index in [-0.39, 0.29) is 0 Å². The predicted octanol–water partition coefficient (Wildman–Crippen LogP) is -0.736. The third-order valence-corrected chi connectivity index (χ3v) is 2.67. The van der Waals surface area contributed by atoms with Gasteiger partial charge in [0, 0.05) is 39.3 Å². The smallest absolute Gasteiger partial charge is 0.0851 e. The first-order valence-corrected chi connectivity index (χ1v) is 5.64. The van der Waals surface area contributed by atoms with E-state index in [4.69, 9.17) is 0 Å². The van der Waals surface area contributed by atoms with Crippen molar-refractivity contribution in [3.05, 3.63) is 0 Å². The summed E-state index contributed by atoms with van der Waals surface area (Å²) in [6.45, 7) is 8.30. The Balaban J connectivity index is 1.44. The van der Waals surface area contributed by atoms with Crippen LogP contribution >= 0.6 is 0 Å². The van der Waals surface area contributed by atoms with Gasteiger partial charge in [-0.15, -0.1) is 0 Å². The molecule has 0 spiro atoms. The Hall–Kier alpha value is -1.10. The van der Waals surface area contributed by atoms with E-state index in [1.54, 1.807) is 0 Å². The van der Waals surface area contributed by atoms with Crippen molar-refractivity contribution in [1.82, 2.24) is 15.1 Å². The second kappa shape index (κ2) is 5.70. The zero-order valence-corrected chi connectivity index (χ0v) is 9.10. The Morgan fingerprint density at radius 3 is 1.87 bits per heavy atom. The SMILES string of the molecule is C1=NCCN1CCNCCN1C=NCC1. The molecule has 0 saturated carbocycles. The van der Waals surface area contributed by atoms with E-state index in [0.29, 0.717) is 0 Å². The molecule has 0 unspecified atom stereocenters.